The lowest BCUT2D eigenvalue weighted by Gasteiger charge is -2.21. The third-order valence-corrected chi connectivity index (χ3v) is 4.03. The summed E-state index contributed by atoms with van der Waals surface area (Å²) < 4.78 is 0. The first kappa shape index (κ1) is 13.9. The van der Waals surface area contributed by atoms with Gasteiger partial charge in [-0.15, -0.1) is 0 Å². The monoisotopic (exact) mass is 261 g/mol. The molecule has 1 aliphatic carbocycles. The Balaban J connectivity index is 1.95. The maximum atomic E-state index is 12.3. The van der Waals surface area contributed by atoms with Crippen LogP contribution in [0.15, 0.2) is 24.3 Å². The topological polar surface area (TPSA) is 40.5 Å². The molecule has 0 heterocycles. The van der Waals surface area contributed by atoms with Crippen molar-refractivity contribution in [1.29, 1.82) is 0 Å². The van der Waals surface area contributed by atoms with Crippen LogP contribution < -0.4 is 4.90 Å². The second-order valence-corrected chi connectivity index (χ2v) is 5.53. The summed E-state index contributed by atoms with van der Waals surface area (Å²) in [6, 6.07) is 6.86. The van der Waals surface area contributed by atoms with Crippen LogP contribution in [0, 0.1) is 5.92 Å². The molecule has 2 rings (SSSR count). The number of anilines is 1. The van der Waals surface area contributed by atoms with Gasteiger partial charge in [-0.05, 0) is 30.9 Å². The molecule has 0 aromatic heterocycles. The highest BCUT2D eigenvalue weighted by atomic mass is 16.3. The summed E-state index contributed by atoms with van der Waals surface area (Å²) in [5.74, 6) is 0.888. The van der Waals surface area contributed by atoms with Crippen LogP contribution in [0.5, 0.6) is 5.75 Å². The minimum absolute atomic E-state index is 0.150. The molecule has 1 fully saturated rings. The van der Waals surface area contributed by atoms with E-state index >= 15 is 0 Å². The first-order valence-corrected chi connectivity index (χ1v) is 7.22. The molecular formula is C16H23NO2. The number of hydrogen-bond donors (Lipinski definition) is 1. The van der Waals surface area contributed by atoms with Gasteiger partial charge in [0.05, 0.1) is 0 Å². The summed E-state index contributed by atoms with van der Waals surface area (Å²) >= 11 is 0. The molecule has 1 aromatic carbocycles. The zero-order valence-corrected chi connectivity index (χ0v) is 11.6. The van der Waals surface area contributed by atoms with Crippen LogP contribution in [0.4, 0.5) is 5.69 Å². The van der Waals surface area contributed by atoms with Gasteiger partial charge >= 0.3 is 0 Å². The Bertz CT molecular complexity index is 423. The molecule has 0 unspecified atom stereocenters. The molecule has 1 amide bonds. The average Bonchev–Trinajstić information content (AvgIpc) is 2.66. The fourth-order valence-corrected chi connectivity index (χ4v) is 2.80. The number of nitrogens with zero attached hydrogens (tertiary/aromatic N) is 1. The third kappa shape index (κ3) is 3.98. The number of aromatic hydroxyl groups is 1. The highest BCUT2D eigenvalue weighted by Crippen LogP contribution is 2.27. The number of rotatable bonds is 3. The van der Waals surface area contributed by atoms with Gasteiger partial charge in [-0.25, -0.2) is 0 Å². The van der Waals surface area contributed by atoms with E-state index in [1.54, 1.807) is 30.1 Å². The molecule has 0 aliphatic heterocycles. The summed E-state index contributed by atoms with van der Waals surface area (Å²) in [6.07, 6.45) is 8.13. The summed E-state index contributed by atoms with van der Waals surface area (Å²) in [6.45, 7) is 0. The lowest BCUT2D eigenvalue weighted by Crippen LogP contribution is -2.28. The predicted molar refractivity (Wildman–Crippen MR) is 77.3 cm³/mol. The molecule has 0 bridgehead atoms. The van der Waals surface area contributed by atoms with Crippen molar-refractivity contribution in [2.24, 2.45) is 5.92 Å². The van der Waals surface area contributed by atoms with Gasteiger partial charge in [-0.3, -0.25) is 4.79 Å². The third-order valence-electron chi connectivity index (χ3n) is 4.03. The molecule has 104 valence electrons. The van der Waals surface area contributed by atoms with Gasteiger partial charge in [0.1, 0.15) is 5.75 Å². The molecule has 19 heavy (non-hydrogen) atoms. The van der Waals surface area contributed by atoms with Gasteiger partial charge in [0.2, 0.25) is 5.91 Å². The smallest absolute Gasteiger partial charge is 0.226 e. The van der Waals surface area contributed by atoms with E-state index < -0.39 is 0 Å². The zero-order chi connectivity index (χ0) is 13.7. The summed E-state index contributed by atoms with van der Waals surface area (Å²) in [5, 5.41) is 9.46. The van der Waals surface area contributed by atoms with E-state index in [1.807, 2.05) is 6.07 Å². The largest absolute Gasteiger partial charge is 0.508 e. The van der Waals surface area contributed by atoms with Crippen molar-refractivity contribution in [2.45, 2.75) is 44.9 Å². The molecular weight excluding hydrogens is 238 g/mol. The molecule has 0 spiro atoms. The van der Waals surface area contributed by atoms with Gasteiger partial charge in [0.15, 0.2) is 0 Å². The number of benzene rings is 1. The standard InChI is InChI=1S/C16H23NO2/c1-17(14-9-6-10-15(18)12-14)16(19)11-13-7-4-2-3-5-8-13/h6,9-10,12-13,18H,2-5,7-8,11H2,1H3. The number of hydrogen-bond acceptors (Lipinski definition) is 2. The number of phenols is 1. The molecule has 1 saturated carbocycles. The lowest BCUT2D eigenvalue weighted by molar-refractivity contribution is -0.119. The maximum absolute atomic E-state index is 12.3. The Labute approximate surface area is 115 Å². The van der Waals surface area contributed by atoms with Crippen LogP contribution in [0.3, 0.4) is 0 Å². The minimum atomic E-state index is 0.150. The molecule has 0 saturated heterocycles. The second kappa shape index (κ2) is 6.60. The van der Waals surface area contributed by atoms with Gasteiger partial charge in [-0.2, -0.15) is 0 Å². The Kier molecular flexibility index (Phi) is 4.83. The van der Waals surface area contributed by atoms with E-state index in [-0.39, 0.29) is 11.7 Å². The van der Waals surface area contributed by atoms with Crippen molar-refractivity contribution in [1.82, 2.24) is 0 Å². The average molecular weight is 261 g/mol. The first-order valence-electron chi connectivity index (χ1n) is 7.22. The zero-order valence-electron chi connectivity index (χ0n) is 11.6. The molecule has 1 aliphatic rings. The van der Waals surface area contributed by atoms with Crippen molar-refractivity contribution in [3.63, 3.8) is 0 Å². The number of amides is 1. The van der Waals surface area contributed by atoms with E-state index in [0.29, 0.717) is 12.3 Å². The minimum Gasteiger partial charge on any atom is -0.508 e. The molecule has 1 N–H and O–H groups in total. The van der Waals surface area contributed by atoms with Crippen molar-refractivity contribution in [3.8, 4) is 5.75 Å². The highest BCUT2D eigenvalue weighted by Gasteiger charge is 2.19. The summed E-state index contributed by atoms with van der Waals surface area (Å²) in [4.78, 5) is 13.9. The quantitative estimate of drug-likeness (QED) is 0.842. The predicted octanol–water partition coefficient (Wildman–Crippen LogP) is 3.72. The van der Waals surface area contributed by atoms with Crippen LogP contribution in [0.2, 0.25) is 0 Å². The van der Waals surface area contributed by atoms with E-state index in [0.717, 1.165) is 5.69 Å². The lowest BCUT2D eigenvalue weighted by atomic mass is 9.96. The van der Waals surface area contributed by atoms with Crippen LogP contribution >= 0.6 is 0 Å². The second-order valence-electron chi connectivity index (χ2n) is 5.53. The van der Waals surface area contributed by atoms with Crippen LogP contribution in [-0.2, 0) is 4.79 Å². The first-order chi connectivity index (χ1) is 9.16. The van der Waals surface area contributed by atoms with Gasteiger partial charge in [0, 0.05) is 25.2 Å². The number of carbonyl (C=O) groups excluding carboxylic acids is 1. The van der Waals surface area contributed by atoms with Gasteiger partial charge in [-0.1, -0.05) is 31.7 Å². The number of carbonyl (C=O) groups is 1. The van der Waals surface area contributed by atoms with Crippen LogP contribution in [0.25, 0.3) is 0 Å². The van der Waals surface area contributed by atoms with Crippen LogP contribution in [-0.4, -0.2) is 18.1 Å². The Morgan fingerprint density at radius 1 is 1.26 bits per heavy atom. The molecule has 0 radical (unpaired) electrons. The van der Waals surface area contributed by atoms with E-state index in [4.69, 9.17) is 0 Å². The molecule has 1 aromatic rings. The highest BCUT2D eigenvalue weighted by molar-refractivity contribution is 5.93. The van der Waals surface area contributed by atoms with Crippen molar-refractivity contribution < 1.29 is 9.90 Å². The van der Waals surface area contributed by atoms with Crippen molar-refractivity contribution in [3.05, 3.63) is 24.3 Å². The SMILES string of the molecule is CN(C(=O)CC1CCCCCC1)c1cccc(O)c1. The van der Waals surface area contributed by atoms with Gasteiger partial charge in [0.25, 0.3) is 0 Å². The maximum Gasteiger partial charge on any atom is 0.226 e. The van der Waals surface area contributed by atoms with Crippen molar-refractivity contribution >= 4 is 11.6 Å². The van der Waals surface area contributed by atoms with Crippen molar-refractivity contribution in [2.75, 3.05) is 11.9 Å². The Morgan fingerprint density at radius 2 is 1.95 bits per heavy atom. The molecule has 3 nitrogen and oxygen atoms in total. The summed E-state index contributed by atoms with van der Waals surface area (Å²) in [7, 11) is 1.79. The van der Waals surface area contributed by atoms with E-state index in [9.17, 15) is 9.90 Å². The summed E-state index contributed by atoms with van der Waals surface area (Å²) in [5.41, 5.74) is 0.763. The van der Waals surface area contributed by atoms with E-state index in [1.165, 1.54) is 38.5 Å². The molecule has 3 heteroatoms. The normalized spacial score (nSPS) is 16.9. The Morgan fingerprint density at radius 3 is 2.58 bits per heavy atom. The fourth-order valence-electron chi connectivity index (χ4n) is 2.80. The van der Waals surface area contributed by atoms with Crippen LogP contribution in [0.1, 0.15) is 44.9 Å². The van der Waals surface area contributed by atoms with Gasteiger partial charge < -0.3 is 10.0 Å². The number of phenolic OH excluding ortho intramolecular Hbond substituents is 1. The van der Waals surface area contributed by atoms with E-state index in [2.05, 4.69) is 0 Å². The Hall–Kier alpha value is -1.51. The fraction of sp³-hybridized carbons (Fsp3) is 0.562. The molecule has 0 atom stereocenters.